The van der Waals surface area contributed by atoms with Gasteiger partial charge >= 0.3 is 0 Å². The number of halogens is 1. The fraction of sp³-hybridized carbons (Fsp3) is 0.952. The number of Topliss-reactive ketones (excluding diaryl/α,β-unsaturated/α-hetero) is 1. The van der Waals surface area contributed by atoms with Gasteiger partial charge in [0.05, 0.1) is 5.60 Å². The third kappa shape index (κ3) is 2.40. The lowest BCUT2D eigenvalue weighted by Crippen LogP contribution is -2.54. The lowest BCUT2D eigenvalue weighted by Gasteiger charge is -2.57. The molecule has 0 saturated heterocycles. The summed E-state index contributed by atoms with van der Waals surface area (Å²) < 4.78 is 15.1. The largest absolute Gasteiger partial charge is 0.390 e. The number of ketones is 1. The normalized spacial score (nSPS) is 57.0. The first-order chi connectivity index (χ1) is 11.2. The maximum atomic E-state index is 15.1. The summed E-state index contributed by atoms with van der Waals surface area (Å²) in [6, 6.07) is 0. The van der Waals surface area contributed by atoms with Crippen LogP contribution in [-0.4, -0.2) is 22.7 Å². The molecule has 0 bridgehead atoms. The second-order valence-corrected chi connectivity index (χ2v) is 10.0. The Morgan fingerprint density at radius 1 is 1.00 bits per heavy atom. The zero-order valence-corrected chi connectivity index (χ0v) is 15.4. The van der Waals surface area contributed by atoms with Gasteiger partial charge in [-0.05, 0) is 100 Å². The van der Waals surface area contributed by atoms with E-state index < -0.39 is 11.8 Å². The molecule has 0 aromatic rings. The number of hydrogen-bond donors (Lipinski definition) is 1. The molecule has 0 heterocycles. The van der Waals surface area contributed by atoms with E-state index in [1.165, 1.54) is 0 Å². The minimum Gasteiger partial charge on any atom is -0.390 e. The third-order valence-corrected chi connectivity index (χ3v) is 8.74. The van der Waals surface area contributed by atoms with Crippen LogP contribution in [0.15, 0.2) is 0 Å². The average Bonchev–Trinajstić information content (AvgIpc) is 2.85. The van der Waals surface area contributed by atoms with Crippen molar-refractivity contribution in [1.82, 2.24) is 0 Å². The van der Waals surface area contributed by atoms with Crippen molar-refractivity contribution < 1.29 is 14.3 Å². The Morgan fingerprint density at radius 2 is 1.67 bits per heavy atom. The van der Waals surface area contributed by atoms with Crippen molar-refractivity contribution in [3.05, 3.63) is 0 Å². The summed E-state index contributed by atoms with van der Waals surface area (Å²) >= 11 is 0. The molecule has 4 fully saturated rings. The molecule has 0 aromatic heterocycles. The zero-order chi connectivity index (χ0) is 17.3. The Hall–Kier alpha value is -0.440. The second-order valence-electron chi connectivity index (χ2n) is 10.0. The van der Waals surface area contributed by atoms with Crippen molar-refractivity contribution in [1.29, 1.82) is 0 Å². The molecule has 4 saturated carbocycles. The molecule has 0 amide bonds. The molecular weight excluding hydrogens is 303 g/mol. The number of carbonyl (C=O) groups excluding carboxylic acids is 1. The lowest BCUT2D eigenvalue weighted by molar-refractivity contribution is -0.137. The van der Waals surface area contributed by atoms with Crippen molar-refractivity contribution in [2.45, 2.75) is 83.9 Å². The summed E-state index contributed by atoms with van der Waals surface area (Å²) in [7, 11) is 0. The van der Waals surface area contributed by atoms with Crippen molar-refractivity contribution in [2.24, 2.45) is 40.9 Å². The van der Waals surface area contributed by atoms with Gasteiger partial charge in [0, 0.05) is 5.92 Å². The number of fused-ring (bicyclic) bond motifs is 5. The maximum absolute atomic E-state index is 15.1. The van der Waals surface area contributed by atoms with E-state index in [0.717, 1.165) is 38.5 Å². The molecule has 4 rings (SSSR count). The molecule has 0 spiro atoms. The van der Waals surface area contributed by atoms with Crippen LogP contribution < -0.4 is 0 Å². The van der Waals surface area contributed by atoms with Gasteiger partial charge in [0.1, 0.15) is 12.0 Å². The van der Waals surface area contributed by atoms with Gasteiger partial charge in [-0.25, -0.2) is 4.39 Å². The van der Waals surface area contributed by atoms with E-state index in [4.69, 9.17) is 0 Å². The number of carbonyl (C=O) groups is 1. The second kappa shape index (κ2) is 5.53. The summed E-state index contributed by atoms with van der Waals surface area (Å²) in [6.45, 7) is 5.95. The molecule has 0 aromatic carbocycles. The fourth-order valence-corrected chi connectivity index (χ4v) is 7.67. The van der Waals surface area contributed by atoms with Gasteiger partial charge < -0.3 is 5.11 Å². The first kappa shape index (κ1) is 17.0. The Balaban J connectivity index is 1.60. The SMILES string of the molecule is CC(=O)C1CCC2C3CC(F)C4CC(C)(O)CCC4C3CCC12C. The quantitative estimate of drug-likeness (QED) is 0.763. The van der Waals surface area contributed by atoms with Crippen LogP contribution in [0.3, 0.4) is 0 Å². The van der Waals surface area contributed by atoms with Crippen LogP contribution in [0.4, 0.5) is 4.39 Å². The highest BCUT2D eigenvalue weighted by Gasteiger charge is 2.60. The summed E-state index contributed by atoms with van der Waals surface area (Å²) in [5.41, 5.74) is -0.561. The van der Waals surface area contributed by atoms with Crippen LogP contribution in [0.25, 0.3) is 0 Å². The van der Waals surface area contributed by atoms with Crippen LogP contribution in [0, 0.1) is 40.9 Å². The summed E-state index contributed by atoms with van der Waals surface area (Å²) in [5.74, 6) is 2.69. The third-order valence-electron chi connectivity index (χ3n) is 8.74. The molecule has 4 aliphatic rings. The number of rotatable bonds is 1. The van der Waals surface area contributed by atoms with E-state index in [2.05, 4.69) is 6.92 Å². The molecule has 9 atom stereocenters. The molecule has 1 N–H and O–H groups in total. The highest BCUT2D eigenvalue weighted by atomic mass is 19.1. The van der Waals surface area contributed by atoms with Crippen molar-refractivity contribution in [3.8, 4) is 0 Å². The molecule has 0 radical (unpaired) electrons. The van der Waals surface area contributed by atoms with E-state index in [1.54, 1.807) is 6.92 Å². The molecule has 24 heavy (non-hydrogen) atoms. The monoisotopic (exact) mass is 336 g/mol. The van der Waals surface area contributed by atoms with Crippen LogP contribution in [0.1, 0.15) is 72.1 Å². The predicted octanol–water partition coefficient (Wildman–Crippen LogP) is 4.54. The molecule has 3 heteroatoms. The topological polar surface area (TPSA) is 37.3 Å². The van der Waals surface area contributed by atoms with Gasteiger partial charge in [0.25, 0.3) is 0 Å². The zero-order valence-electron chi connectivity index (χ0n) is 15.4. The van der Waals surface area contributed by atoms with Gasteiger partial charge in [-0.2, -0.15) is 0 Å². The fourth-order valence-electron chi connectivity index (χ4n) is 7.67. The van der Waals surface area contributed by atoms with Crippen LogP contribution in [0.5, 0.6) is 0 Å². The van der Waals surface area contributed by atoms with E-state index >= 15 is 4.39 Å². The van der Waals surface area contributed by atoms with Gasteiger partial charge in [-0.15, -0.1) is 0 Å². The first-order valence-electron chi connectivity index (χ1n) is 10.1. The molecule has 0 aliphatic heterocycles. The van der Waals surface area contributed by atoms with Gasteiger partial charge in [0.15, 0.2) is 0 Å². The Kier molecular flexibility index (Phi) is 3.91. The van der Waals surface area contributed by atoms with Crippen LogP contribution >= 0.6 is 0 Å². The van der Waals surface area contributed by atoms with Gasteiger partial charge in [0.2, 0.25) is 0 Å². The predicted molar refractivity (Wildman–Crippen MR) is 92.2 cm³/mol. The summed E-state index contributed by atoms with van der Waals surface area (Å²) in [4.78, 5) is 12.1. The van der Waals surface area contributed by atoms with Crippen molar-refractivity contribution >= 4 is 5.78 Å². The molecular formula is C21H33FO2. The van der Waals surface area contributed by atoms with E-state index in [-0.39, 0.29) is 17.3 Å². The summed E-state index contributed by atoms with van der Waals surface area (Å²) in [5, 5.41) is 10.4. The molecule has 9 unspecified atom stereocenters. The minimum absolute atomic E-state index is 0.0596. The van der Waals surface area contributed by atoms with Crippen molar-refractivity contribution in [3.63, 3.8) is 0 Å². The van der Waals surface area contributed by atoms with Crippen LogP contribution in [0.2, 0.25) is 0 Å². The summed E-state index contributed by atoms with van der Waals surface area (Å²) in [6.07, 6.45) is 6.79. The highest BCUT2D eigenvalue weighted by molar-refractivity contribution is 5.79. The lowest BCUT2D eigenvalue weighted by atomic mass is 9.48. The Bertz CT molecular complexity index is 530. The molecule has 4 aliphatic carbocycles. The van der Waals surface area contributed by atoms with Gasteiger partial charge in [-0.1, -0.05) is 6.92 Å². The standard InChI is InChI=1S/C21H33FO2/c1-12(23)17-4-5-18-15-10-19(22)16-11-20(2,24)8-6-14(16)13(15)7-9-21(17,18)3/h13-19,24H,4-11H2,1-3H3. The molecule has 2 nitrogen and oxygen atoms in total. The smallest absolute Gasteiger partial charge is 0.133 e. The van der Waals surface area contributed by atoms with E-state index in [0.29, 0.717) is 42.3 Å². The van der Waals surface area contributed by atoms with E-state index in [1.807, 2.05) is 6.92 Å². The maximum Gasteiger partial charge on any atom is 0.133 e. The minimum atomic E-state index is -0.762. The van der Waals surface area contributed by atoms with Crippen molar-refractivity contribution in [2.75, 3.05) is 0 Å². The molecule has 136 valence electrons. The number of alkyl halides is 1. The van der Waals surface area contributed by atoms with E-state index in [9.17, 15) is 9.90 Å². The Labute approximate surface area is 145 Å². The number of hydrogen-bond acceptors (Lipinski definition) is 2. The van der Waals surface area contributed by atoms with Crippen LogP contribution in [-0.2, 0) is 4.79 Å². The first-order valence-corrected chi connectivity index (χ1v) is 10.1. The average molecular weight is 336 g/mol. The van der Waals surface area contributed by atoms with Gasteiger partial charge in [-0.3, -0.25) is 4.79 Å². The number of aliphatic hydroxyl groups is 1. The Morgan fingerprint density at radius 3 is 2.38 bits per heavy atom. The highest BCUT2D eigenvalue weighted by Crippen LogP contribution is 2.64.